The number of carbonyl (C=O) groups is 1. The second-order valence-corrected chi connectivity index (χ2v) is 7.65. The first-order valence-corrected chi connectivity index (χ1v) is 9.67. The molecule has 1 N–H and O–H groups in total. The Hall–Kier alpha value is -1.71. The lowest BCUT2D eigenvalue weighted by Gasteiger charge is -2.36. The van der Waals surface area contributed by atoms with E-state index in [0.717, 1.165) is 47.8 Å². The third-order valence-corrected chi connectivity index (χ3v) is 6.09. The lowest BCUT2D eigenvalue weighted by molar-refractivity contribution is 0.0757. The van der Waals surface area contributed by atoms with Gasteiger partial charge in [0.1, 0.15) is 0 Å². The highest BCUT2D eigenvalue weighted by Gasteiger charge is 2.31. The Labute approximate surface area is 149 Å². The van der Waals surface area contributed by atoms with Crippen LogP contribution in [0.5, 0.6) is 0 Å². The van der Waals surface area contributed by atoms with Gasteiger partial charge in [-0.1, -0.05) is 43.2 Å². The molecule has 2 aromatic carbocycles. The zero-order valence-electron chi connectivity index (χ0n) is 14.8. The summed E-state index contributed by atoms with van der Waals surface area (Å²) in [6.45, 7) is 2.12. The molecule has 132 valence electrons. The normalized spacial score (nSPS) is 22.5. The van der Waals surface area contributed by atoms with Crippen molar-refractivity contribution in [3.05, 3.63) is 47.5 Å². The first-order valence-electron chi connectivity index (χ1n) is 9.67. The summed E-state index contributed by atoms with van der Waals surface area (Å²) in [6.07, 6.45) is 7.45. The fourth-order valence-corrected chi connectivity index (χ4v) is 4.70. The van der Waals surface area contributed by atoms with E-state index in [1.165, 1.54) is 25.7 Å². The number of aliphatic hydroxyl groups excluding tert-OH is 1. The molecule has 25 heavy (non-hydrogen) atoms. The van der Waals surface area contributed by atoms with Gasteiger partial charge in [-0.3, -0.25) is 9.69 Å². The molecular formula is C22H27NO2. The number of fused-ring (bicyclic) bond motifs is 1. The first kappa shape index (κ1) is 16.7. The molecule has 1 aliphatic heterocycles. The highest BCUT2D eigenvalue weighted by Crippen LogP contribution is 2.30. The van der Waals surface area contributed by atoms with Gasteiger partial charge in [0.15, 0.2) is 5.78 Å². The van der Waals surface area contributed by atoms with E-state index in [4.69, 9.17) is 0 Å². The molecule has 1 unspecified atom stereocenters. The summed E-state index contributed by atoms with van der Waals surface area (Å²) in [6, 6.07) is 12.6. The van der Waals surface area contributed by atoms with Crippen molar-refractivity contribution in [3.63, 3.8) is 0 Å². The second-order valence-electron chi connectivity index (χ2n) is 7.65. The van der Waals surface area contributed by atoms with E-state index in [-0.39, 0.29) is 12.5 Å². The number of Topliss-reactive ketones (excluding diaryl/α,β-unsaturated/α-hetero) is 1. The monoisotopic (exact) mass is 337 g/mol. The molecule has 0 bridgehead atoms. The third-order valence-electron chi connectivity index (χ3n) is 6.09. The summed E-state index contributed by atoms with van der Waals surface area (Å²) >= 11 is 0. The summed E-state index contributed by atoms with van der Waals surface area (Å²) in [5, 5.41) is 11.6. The van der Waals surface area contributed by atoms with Gasteiger partial charge >= 0.3 is 0 Å². The molecule has 4 rings (SSSR count). The zero-order valence-corrected chi connectivity index (χ0v) is 14.8. The van der Waals surface area contributed by atoms with E-state index in [1.807, 2.05) is 36.4 Å². The Bertz CT molecular complexity index is 764. The van der Waals surface area contributed by atoms with Gasteiger partial charge in [-0.2, -0.15) is 0 Å². The molecule has 0 amide bonds. The van der Waals surface area contributed by atoms with Crippen LogP contribution in [0.25, 0.3) is 10.8 Å². The highest BCUT2D eigenvalue weighted by atomic mass is 16.3. The van der Waals surface area contributed by atoms with Gasteiger partial charge in [0.25, 0.3) is 0 Å². The molecule has 0 radical (unpaired) electrons. The fraction of sp³-hybridized carbons (Fsp3) is 0.500. The van der Waals surface area contributed by atoms with E-state index < -0.39 is 0 Å². The molecule has 1 aliphatic carbocycles. The fourth-order valence-electron chi connectivity index (χ4n) is 4.70. The molecule has 0 spiro atoms. The minimum atomic E-state index is 0.0314. The van der Waals surface area contributed by atoms with Gasteiger partial charge in [0, 0.05) is 24.1 Å². The zero-order chi connectivity index (χ0) is 17.2. The van der Waals surface area contributed by atoms with Crippen molar-refractivity contribution in [1.29, 1.82) is 0 Å². The molecule has 1 saturated carbocycles. The summed E-state index contributed by atoms with van der Waals surface area (Å²) in [7, 11) is 0. The van der Waals surface area contributed by atoms with Crippen molar-refractivity contribution in [1.82, 2.24) is 4.90 Å². The molecule has 2 aliphatic rings. The maximum absolute atomic E-state index is 13.1. The van der Waals surface area contributed by atoms with Crippen molar-refractivity contribution in [2.24, 2.45) is 5.92 Å². The van der Waals surface area contributed by atoms with E-state index in [9.17, 15) is 9.90 Å². The van der Waals surface area contributed by atoms with Gasteiger partial charge in [0.05, 0.1) is 6.61 Å². The average molecular weight is 337 g/mol. The minimum absolute atomic E-state index is 0.0314. The van der Waals surface area contributed by atoms with E-state index in [0.29, 0.717) is 11.8 Å². The van der Waals surface area contributed by atoms with Gasteiger partial charge in [-0.25, -0.2) is 0 Å². The number of hydrogen-bond donors (Lipinski definition) is 1. The SMILES string of the molecule is O=C(c1ccc2c(CO)cccc2c1)C1CCCN(C2CCCC2)C1. The van der Waals surface area contributed by atoms with Crippen LogP contribution in [0.15, 0.2) is 36.4 Å². The number of likely N-dealkylation sites (tertiary alicyclic amines) is 1. The van der Waals surface area contributed by atoms with Crippen molar-refractivity contribution in [2.45, 2.75) is 51.2 Å². The number of rotatable bonds is 4. The third kappa shape index (κ3) is 3.36. The smallest absolute Gasteiger partial charge is 0.167 e. The van der Waals surface area contributed by atoms with Crippen molar-refractivity contribution in [2.75, 3.05) is 13.1 Å². The highest BCUT2D eigenvalue weighted by molar-refractivity contribution is 6.01. The summed E-state index contributed by atoms with van der Waals surface area (Å²) in [4.78, 5) is 15.7. The number of ketones is 1. The van der Waals surface area contributed by atoms with Crippen molar-refractivity contribution >= 4 is 16.6 Å². The summed E-state index contributed by atoms with van der Waals surface area (Å²) < 4.78 is 0. The maximum Gasteiger partial charge on any atom is 0.167 e. The van der Waals surface area contributed by atoms with Gasteiger partial charge < -0.3 is 5.11 Å². The minimum Gasteiger partial charge on any atom is -0.392 e. The lowest BCUT2D eigenvalue weighted by Crippen LogP contribution is -2.43. The molecule has 0 aromatic heterocycles. The first-order chi connectivity index (χ1) is 12.3. The molecule has 2 aromatic rings. The lowest BCUT2D eigenvalue weighted by atomic mass is 9.88. The van der Waals surface area contributed by atoms with Crippen LogP contribution < -0.4 is 0 Å². The van der Waals surface area contributed by atoms with Crippen LogP contribution in [0.2, 0.25) is 0 Å². The Morgan fingerprint density at radius 3 is 2.72 bits per heavy atom. The van der Waals surface area contributed by atoms with E-state index in [2.05, 4.69) is 4.90 Å². The Balaban J connectivity index is 1.54. The predicted octanol–water partition coefficient (Wildman–Crippen LogP) is 4.17. The van der Waals surface area contributed by atoms with Gasteiger partial charge in [0.2, 0.25) is 0 Å². The number of carbonyl (C=O) groups excluding carboxylic acids is 1. The molecule has 2 fully saturated rings. The topological polar surface area (TPSA) is 40.5 Å². The van der Waals surface area contributed by atoms with E-state index >= 15 is 0 Å². The Morgan fingerprint density at radius 2 is 1.92 bits per heavy atom. The summed E-state index contributed by atoms with van der Waals surface area (Å²) in [5.74, 6) is 0.423. The van der Waals surface area contributed by atoms with Crippen LogP contribution in [0.3, 0.4) is 0 Å². The second kappa shape index (κ2) is 7.27. The molecule has 3 heteroatoms. The molecule has 1 heterocycles. The molecular weight excluding hydrogens is 310 g/mol. The average Bonchev–Trinajstić information content (AvgIpc) is 3.21. The maximum atomic E-state index is 13.1. The molecule has 3 nitrogen and oxygen atoms in total. The number of benzene rings is 2. The molecule has 1 saturated heterocycles. The van der Waals surface area contributed by atoms with Crippen LogP contribution in [0.4, 0.5) is 0 Å². The van der Waals surface area contributed by atoms with Gasteiger partial charge in [-0.15, -0.1) is 0 Å². The van der Waals surface area contributed by atoms with Crippen molar-refractivity contribution in [3.8, 4) is 0 Å². The van der Waals surface area contributed by atoms with Crippen LogP contribution >= 0.6 is 0 Å². The van der Waals surface area contributed by atoms with Crippen molar-refractivity contribution < 1.29 is 9.90 Å². The number of nitrogens with zero attached hydrogens (tertiary/aromatic N) is 1. The standard InChI is InChI=1S/C22H27NO2/c24-15-19-6-3-5-16-13-17(10-11-21(16)19)22(25)18-7-4-12-23(14-18)20-8-1-2-9-20/h3,5-6,10-11,13,18,20,24H,1-2,4,7-9,12,14-15H2. The van der Waals surface area contributed by atoms with Crippen LogP contribution in [0.1, 0.15) is 54.4 Å². The number of aliphatic hydroxyl groups is 1. The largest absolute Gasteiger partial charge is 0.392 e. The van der Waals surface area contributed by atoms with Crippen LogP contribution in [-0.4, -0.2) is 34.9 Å². The quantitative estimate of drug-likeness (QED) is 0.851. The Morgan fingerprint density at radius 1 is 1.08 bits per heavy atom. The van der Waals surface area contributed by atoms with Gasteiger partial charge in [-0.05, 0) is 54.6 Å². The summed E-state index contributed by atoms with van der Waals surface area (Å²) in [5.41, 5.74) is 1.74. The Kier molecular flexibility index (Phi) is 4.87. The van der Waals surface area contributed by atoms with Crippen LogP contribution in [-0.2, 0) is 6.61 Å². The van der Waals surface area contributed by atoms with Crippen LogP contribution in [0, 0.1) is 5.92 Å². The number of hydrogen-bond acceptors (Lipinski definition) is 3. The number of piperidine rings is 1. The molecule has 1 atom stereocenters. The van der Waals surface area contributed by atoms with E-state index in [1.54, 1.807) is 0 Å². The predicted molar refractivity (Wildman–Crippen MR) is 101 cm³/mol.